The van der Waals surface area contributed by atoms with E-state index in [1.807, 2.05) is 0 Å². The molecule has 1 aliphatic carbocycles. The van der Waals surface area contributed by atoms with Gasteiger partial charge in [0.1, 0.15) is 0 Å². The summed E-state index contributed by atoms with van der Waals surface area (Å²) in [5.74, 6) is 0. The van der Waals surface area contributed by atoms with E-state index in [0.717, 1.165) is 32.2 Å². The van der Waals surface area contributed by atoms with Crippen molar-refractivity contribution in [3.05, 3.63) is 0 Å². The summed E-state index contributed by atoms with van der Waals surface area (Å²) in [6.45, 7) is 2.95. The van der Waals surface area contributed by atoms with Gasteiger partial charge in [-0.3, -0.25) is 4.90 Å². The number of β-amino-alcohol motifs (C(OH)–C–C–N with tert-alkyl or cyclic N) is 1. The number of nitrogens with zero attached hydrogens (tertiary/aromatic N) is 1. The van der Waals surface area contributed by atoms with Crippen LogP contribution in [0.3, 0.4) is 0 Å². The predicted molar refractivity (Wildman–Crippen MR) is 56.7 cm³/mol. The molecule has 0 radical (unpaired) electrons. The number of morpholine rings is 1. The van der Waals surface area contributed by atoms with Crippen LogP contribution in [0.1, 0.15) is 25.7 Å². The minimum Gasteiger partial charge on any atom is -0.395 e. The molecule has 88 valence electrons. The molecule has 1 saturated carbocycles. The topological polar surface area (TPSA) is 52.9 Å². The average molecular weight is 215 g/mol. The molecule has 0 amide bonds. The first kappa shape index (κ1) is 11.3. The van der Waals surface area contributed by atoms with Gasteiger partial charge in [-0.2, -0.15) is 0 Å². The van der Waals surface area contributed by atoms with Crippen molar-refractivity contribution in [1.29, 1.82) is 0 Å². The molecule has 1 atom stereocenters. The minimum atomic E-state index is -0.509. The number of ether oxygens (including phenoxy) is 1. The van der Waals surface area contributed by atoms with E-state index in [0.29, 0.717) is 19.8 Å². The maximum absolute atomic E-state index is 10.3. The molecule has 0 bridgehead atoms. The second-order valence-corrected chi connectivity index (χ2v) is 4.81. The van der Waals surface area contributed by atoms with Gasteiger partial charge in [0.15, 0.2) is 0 Å². The lowest BCUT2D eigenvalue weighted by Crippen LogP contribution is -2.53. The van der Waals surface area contributed by atoms with Crippen LogP contribution in [-0.2, 0) is 4.74 Å². The first-order chi connectivity index (χ1) is 7.23. The Hall–Kier alpha value is -0.160. The molecule has 1 saturated heterocycles. The fourth-order valence-electron chi connectivity index (χ4n) is 2.63. The van der Waals surface area contributed by atoms with Crippen molar-refractivity contribution < 1.29 is 14.9 Å². The third-order valence-electron chi connectivity index (χ3n) is 3.59. The lowest BCUT2D eigenvalue weighted by molar-refractivity contribution is -0.0691. The summed E-state index contributed by atoms with van der Waals surface area (Å²) < 4.78 is 5.32. The zero-order valence-electron chi connectivity index (χ0n) is 9.19. The van der Waals surface area contributed by atoms with Crippen LogP contribution in [0.25, 0.3) is 0 Å². The lowest BCUT2D eigenvalue weighted by atomic mass is 10.0. The number of rotatable bonds is 3. The van der Waals surface area contributed by atoms with Crippen molar-refractivity contribution in [1.82, 2.24) is 4.90 Å². The molecule has 1 heterocycles. The molecule has 0 aromatic carbocycles. The van der Waals surface area contributed by atoms with Crippen molar-refractivity contribution in [2.24, 2.45) is 0 Å². The number of hydrogen-bond acceptors (Lipinski definition) is 4. The largest absolute Gasteiger partial charge is 0.395 e. The van der Waals surface area contributed by atoms with Crippen molar-refractivity contribution in [2.45, 2.75) is 37.3 Å². The van der Waals surface area contributed by atoms with Crippen molar-refractivity contribution in [2.75, 3.05) is 32.9 Å². The summed E-state index contributed by atoms with van der Waals surface area (Å²) in [5, 5.41) is 19.5. The molecule has 1 aliphatic heterocycles. The zero-order chi connectivity index (χ0) is 10.7. The number of hydrogen-bond donors (Lipinski definition) is 2. The first-order valence-electron chi connectivity index (χ1n) is 5.88. The van der Waals surface area contributed by atoms with Crippen LogP contribution in [0.15, 0.2) is 0 Å². The van der Waals surface area contributed by atoms with Crippen molar-refractivity contribution in [3.8, 4) is 0 Å². The highest BCUT2D eigenvalue weighted by Crippen LogP contribution is 2.30. The van der Waals surface area contributed by atoms with E-state index in [-0.39, 0.29) is 12.6 Å². The van der Waals surface area contributed by atoms with E-state index in [1.54, 1.807) is 0 Å². The first-order valence-corrected chi connectivity index (χ1v) is 5.88. The van der Waals surface area contributed by atoms with E-state index >= 15 is 0 Å². The van der Waals surface area contributed by atoms with Gasteiger partial charge in [-0.15, -0.1) is 0 Å². The smallest absolute Gasteiger partial charge is 0.0774 e. The molecule has 2 aliphatic rings. The normalized spacial score (nSPS) is 32.0. The highest BCUT2D eigenvalue weighted by atomic mass is 16.5. The second kappa shape index (κ2) is 4.78. The summed E-state index contributed by atoms with van der Waals surface area (Å²) in [6, 6.07) is 0.0726. The summed E-state index contributed by atoms with van der Waals surface area (Å²) in [7, 11) is 0. The van der Waals surface area contributed by atoms with Crippen LogP contribution in [-0.4, -0.2) is 59.7 Å². The molecule has 1 unspecified atom stereocenters. The summed E-state index contributed by atoms with van der Waals surface area (Å²) in [5.41, 5.74) is -0.509. The molecule has 0 aromatic heterocycles. The fourth-order valence-corrected chi connectivity index (χ4v) is 2.63. The summed E-state index contributed by atoms with van der Waals surface area (Å²) in [6.07, 6.45) is 4.07. The molecular formula is C11H21NO3. The summed E-state index contributed by atoms with van der Waals surface area (Å²) >= 11 is 0. The van der Waals surface area contributed by atoms with Gasteiger partial charge in [0.05, 0.1) is 31.5 Å². The predicted octanol–water partition coefficient (Wildman–Crippen LogP) is -0.0154. The van der Waals surface area contributed by atoms with Gasteiger partial charge in [0, 0.05) is 13.1 Å². The van der Waals surface area contributed by atoms with Gasteiger partial charge in [0.2, 0.25) is 0 Å². The highest BCUT2D eigenvalue weighted by Gasteiger charge is 2.35. The monoisotopic (exact) mass is 215 g/mol. The van der Waals surface area contributed by atoms with Gasteiger partial charge in [-0.1, -0.05) is 12.8 Å². The molecule has 15 heavy (non-hydrogen) atoms. The Morgan fingerprint density at radius 1 is 1.33 bits per heavy atom. The Morgan fingerprint density at radius 3 is 2.73 bits per heavy atom. The van der Waals surface area contributed by atoms with Crippen LogP contribution in [0.2, 0.25) is 0 Å². The maximum atomic E-state index is 10.3. The molecule has 2 N–H and O–H groups in total. The standard InChI is InChI=1S/C11H21NO3/c13-7-10-8-15-6-5-12(10)9-11(14)3-1-2-4-11/h10,13-14H,1-9H2. The Bertz CT molecular complexity index is 204. The minimum absolute atomic E-state index is 0.0726. The number of aliphatic hydroxyl groups excluding tert-OH is 1. The number of aliphatic hydroxyl groups is 2. The van der Waals surface area contributed by atoms with Gasteiger partial charge < -0.3 is 14.9 Å². The van der Waals surface area contributed by atoms with E-state index in [9.17, 15) is 10.2 Å². The van der Waals surface area contributed by atoms with Crippen LogP contribution in [0.5, 0.6) is 0 Å². The second-order valence-electron chi connectivity index (χ2n) is 4.81. The SMILES string of the molecule is OCC1COCCN1CC1(O)CCCC1. The molecule has 4 nitrogen and oxygen atoms in total. The maximum Gasteiger partial charge on any atom is 0.0774 e. The molecule has 4 heteroatoms. The van der Waals surface area contributed by atoms with Crippen LogP contribution >= 0.6 is 0 Å². The van der Waals surface area contributed by atoms with E-state index in [4.69, 9.17) is 4.74 Å². The quantitative estimate of drug-likeness (QED) is 0.695. The Morgan fingerprint density at radius 2 is 2.07 bits per heavy atom. The Kier molecular flexibility index (Phi) is 3.61. The molecule has 0 spiro atoms. The van der Waals surface area contributed by atoms with E-state index in [1.165, 1.54) is 0 Å². The third kappa shape index (κ3) is 2.69. The highest BCUT2D eigenvalue weighted by molar-refractivity contribution is 4.89. The van der Waals surface area contributed by atoms with Crippen LogP contribution < -0.4 is 0 Å². The molecule has 0 aromatic rings. The van der Waals surface area contributed by atoms with E-state index < -0.39 is 5.60 Å². The van der Waals surface area contributed by atoms with Gasteiger partial charge in [-0.25, -0.2) is 0 Å². The van der Waals surface area contributed by atoms with Crippen LogP contribution in [0, 0.1) is 0 Å². The Labute approximate surface area is 90.8 Å². The van der Waals surface area contributed by atoms with Crippen molar-refractivity contribution in [3.63, 3.8) is 0 Å². The Balaban J connectivity index is 1.90. The molecule has 2 fully saturated rings. The zero-order valence-corrected chi connectivity index (χ0v) is 9.19. The van der Waals surface area contributed by atoms with Gasteiger partial charge in [0.25, 0.3) is 0 Å². The van der Waals surface area contributed by atoms with Gasteiger partial charge >= 0.3 is 0 Å². The lowest BCUT2D eigenvalue weighted by Gasteiger charge is -2.38. The molecular weight excluding hydrogens is 194 g/mol. The summed E-state index contributed by atoms with van der Waals surface area (Å²) in [4.78, 5) is 2.18. The average Bonchev–Trinajstić information content (AvgIpc) is 2.66. The molecule has 2 rings (SSSR count). The van der Waals surface area contributed by atoms with Crippen molar-refractivity contribution >= 4 is 0 Å². The third-order valence-corrected chi connectivity index (χ3v) is 3.59. The van der Waals surface area contributed by atoms with Crippen LogP contribution in [0.4, 0.5) is 0 Å². The van der Waals surface area contributed by atoms with E-state index in [2.05, 4.69) is 4.90 Å². The van der Waals surface area contributed by atoms with Gasteiger partial charge in [-0.05, 0) is 12.8 Å². The fraction of sp³-hybridized carbons (Fsp3) is 1.00.